The van der Waals surface area contributed by atoms with E-state index in [2.05, 4.69) is 10.6 Å². The zero-order chi connectivity index (χ0) is 13.1. The Labute approximate surface area is 105 Å². The largest absolute Gasteiger partial charge is 0.440 e. The average Bonchev–Trinajstić information content (AvgIpc) is 2.58. The van der Waals surface area contributed by atoms with Crippen LogP contribution in [0.1, 0.15) is 31.3 Å². The van der Waals surface area contributed by atoms with Crippen molar-refractivity contribution in [3.63, 3.8) is 0 Å². The summed E-state index contributed by atoms with van der Waals surface area (Å²) >= 11 is 5.53. The molecule has 2 amide bonds. The number of carbonyl (C=O) groups excluding carboxylic acids is 2. The summed E-state index contributed by atoms with van der Waals surface area (Å²) in [4.78, 5) is 22.9. The lowest BCUT2D eigenvalue weighted by atomic mass is 10.1. The summed E-state index contributed by atoms with van der Waals surface area (Å²) < 4.78 is 4.90. The van der Waals surface area contributed by atoms with Crippen LogP contribution >= 0.6 is 11.6 Å². The van der Waals surface area contributed by atoms with Crippen LogP contribution in [0.25, 0.3) is 0 Å². The van der Waals surface area contributed by atoms with Crippen LogP contribution in [0.15, 0.2) is 16.5 Å². The Morgan fingerprint density at radius 2 is 2.00 bits per heavy atom. The summed E-state index contributed by atoms with van der Waals surface area (Å²) in [5.74, 6) is -0.650. The molecule has 17 heavy (non-hydrogen) atoms. The Morgan fingerprint density at radius 1 is 1.35 bits per heavy atom. The van der Waals surface area contributed by atoms with Crippen LogP contribution in [-0.4, -0.2) is 23.9 Å². The molecule has 0 saturated carbocycles. The lowest BCUT2D eigenvalue weighted by Crippen LogP contribution is -2.45. The smallest absolute Gasteiger partial charge is 0.287 e. The van der Waals surface area contributed by atoms with E-state index in [1.54, 1.807) is 0 Å². The van der Waals surface area contributed by atoms with Crippen LogP contribution in [0.4, 0.5) is 0 Å². The van der Waals surface area contributed by atoms with E-state index in [9.17, 15) is 9.59 Å². The third kappa shape index (κ3) is 4.91. The topological polar surface area (TPSA) is 71.3 Å². The van der Waals surface area contributed by atoms with Crippen LogP contribution in [0.3, 0.4) is 0 Å². The maximum Gasteiger partial charge on any atom is 0.287 e. The first-order valence-electron chi connectivity index (χ1n) is 5.12. The van der Waals surface area contributed by atoms with Gasteiger partial charge in [-0.05, 0) is 44.5 Å². The molecule has 0 atom stereocenters. The number of amides is 2. The van der Waals surface area contributed by atoms with Gasteiger partial charge in [-0.15, -0.1) is 0 Å². The number of halogens is 1. The van der Waals surface area contributed by atoms with Gasteiger partial charge in [0.05, 0.1) is 6.54 Å². The van der Waals surface area contributed by atoms with E-state index < -0.39 is 5.91 Å². The second-order valence-electron chi connectivity index (χ2n) is 4.58. The molecule has 0 unspecified atom stereocenters. The zero-order valence-corrected chi connectivity index (χ0v) is 10.7. The molecule has 1 heterocycles. The lowest BCUT2D eigenvalue weighted by molar-refractivity contribution is -0.121. The molecule has 0 bridgehead atoms. The van der Waals surface area contributed by atoms with Crippen LogP contribution in [-0.2, 0) is 4.79 Å². The van der Waals surface area contributed by atoms with Crippen molar-refractivity contribution in [2.75, 3.05) is 6.54 Å². The number of nitrogens with one attached hydrogen (secondary N) is 2. The molecule has 0 radical (unpaired) electrons. The predicted octanol–water partition coefficient (Wildman–Crippen LogP) is 1.58. The highest BCUT2D eigenvalue weighted by Gasteiger charge is 2.15. The first-order valence-corrected chi connectivity index (χ1v) is 5.50. The number of furan rings is 1. The Morgan fingerprint density at radius 3 is 2.47 bits per heavy atom. The van der Waals surface area contributed by atoms with Gasteiger partial charge < -0.3 is 15.1 Å². The summed E-state index contributed by atoms with van der Waals surface area (Å²) in [7, 11) is 0. The lowest BCUT2D eigenvalue weighted by Gasteiger charge is -2.20. The molecule has 6 heteroatoms. The zero-order valence-electron chi connectivity index (χ0n) is 9.96. The monoisotopic (exact) mass is 258 g/mol. The van der Waals surface area contributed by atoms with Gasteiger partial charge >= 0.3 is 0 Å². The highest BCUT2D eigenvalue weighted by molar-refractivity contribution is 6.29. The summed E-state index contributed by atoms with van der Waals surface area (Å²) in [6.45, 7) is 5.48. The fourth-order valence-corrected chi connectivity index (χ4v) is 1.29. The van der Waals surface area contributed by atoms with Gasteiger partial charge in [-0.1, -0.05) is 0 Å². The molecule has 1 aromatic rings. The molecule has 5 nitrogen and oxygen atoms in total. The summed E-state index contributed by atoms with van der Waals surface area (Å²) in [5.41, 5.74) is -0.324. The van der Waals surface area contributed by atoms with E-state index in [0.29, 0.717) is 0 Å². The van der Waals surface area contributed by atoms with Crippen molar-refractivity contribution in [1.29, 1.82) is 0 Å². The Bertz CT molecular complexity index is 421. The molecule has 0 aliphatic carbocycles. The van der Waals surface area contributed by atoms with Gasteiger partial charge in [0, 0.05) is 5.54 Å². The first kappa shape index (κ1) is 13.6. The van der Waals surface area contributed by atoms with E-state index in [1.165, 1.54) is 12.1 Å². The Hall–Kier alpha value is -1.49. The minimum absolute atomic E-state index is 0.0820. The fourth-order valence-electron chi connectivity index (χ4n) is 1.15. The van der Waals surface area contributed by atoms with Crippen LogP contribution < -0.4 is 10.6 Å². The van der Waals surface area contributed by atoms with Gasteiger partial charge in [0.1, 0.15) is 0 Å². The predicted molar refractivity (Wildman–Crippen MR) is 63.9 cm³/mol. The molecule has 0 saturated heterocycles. The molecule has 0 fully saturated rings. The summed E-state index contributed by atoms with van der Waals surface area (Å²) in [6.07, 6.45) is 0. The maximum atomic E-state index is 11.5. The van der Waals surface area contributed by atoms with Gasteiger partial charge in [0.15, 0.2) is 11.0 Å². The molecule has 0 aliphatic heterocycles. The SMILES string of the molecule is CC(C)(C)NC(=O)CNC(=O)c1ccc(Cl)o1. The van der Waals surface area contributed by atoms with Crippen molar-refractivity contribution in [1.82, 2.24) is 10.6 Å². The molecule has 0 aliphatic rings. The molecule has 94 valence electrons. The van der Waals surface area contributed by atoms with E-state index in [4.69, 9.17) is 16.0 Å². The van der Waals surface area contributed by atoms with Gasteiger partial charge in [-0.3, -0.25) is 9.59 Å². The quantitative estimate of drug-likeness (QED) is 0.865. The van der Waals surface area contributed by atoms with Crippen molar-refractivity contribution in [3.8, 4) is 0 Å². The maximum absolute atomic E-state index is 11.5. The van der Waals surface area contributed by atoms with E-state index >= 15 is 0 Å². The minimum Gasteiger partial charge on any atom is -0.440 e. The third-order valence-corrected chi connectivity index (χ3v) is 1.92. The van der Waals surface area contributed by atoms with E-state index in [-0.39, 0.29) is 29.0 Å². The molecule has 2 N–H and O–H groups in total. The molecular weight excluding hydrogens is 244 g/mol. The Balaban J connectivity index is 2.41. The standard InChI is InChI=1S/C11H15ClN2O3/c1-11(2,3)14-9(15)6-13-10(16)7-4-5-8(12)17-7/h4-5H,6H2,1-3H3,(H,13,16)(H,14,15). The second kappa shape index (κ2) is 5.23. The van der Waals surface area contributed by atoms with Crippen molar-refractivity contribution in [2.24, 2.45) is 0 Å². The number of hydrogen-bond donors (Lipinski definition) is 2. The number of rotatable bonds is 3. The van der Waals surface area contributed by atoms with Crippen molar-refractivity contribution >= 4 is 23.4 Å². The molecule has 0 aromatic carbocycles. The van der Waals surface area contributed by atoms with Crippen molar-refractivity contribution < 1.29 is 14.0 Å². The molecule has 1 aromatic heterocycles. The average molecular weight is 259 g/mol. The van der Waals surface area contributed by atoms with E-state index in [1.807, 2.05) is 20.8 Å². The first-order chi connectivity index (χ1) is 7.78. The highest BCUT2D eigenvalue weighted by Crippen LogP contribution is 2.12. The van der Waals surface area contributed by atoms with Gasteiger partial charge in [0.2, 0.25) is 5.91 Å². The Kier molecular flexibility index (Phi) is 4.17. The molecule has 1 rings (SSSR count). The van der Waals surface area contributed by atoms with Crippen molar-refractivity contribution in [3.05, 3.63) is 23.1 Å². The van der Waals surface area contributed by atoms with Crippen LogP contribution in [0, 0.1) is 0 Å². The van der Waals surface area contributed by atoms with Crippen LogP contribution in [0.5, 0.6) is 0 Å². The fraction of sp³-hybridized carbons (Fsp3) is 0.455. The highest BCUT2D eigenvalue weighted by atomic mass is 35.5. The number of hydrogen-bond acceptors (Lipinski definition) is 3. The van der Waals surface area contributed by atoms with Crippen LogP contribution in [0.2, 0.25) is 5.22 Å². The second-order valence-corrected chi connectivity index (χ2v) is 4.96. The molecular formula is C11H15ClN2O3. The van der Waals surface area contributed by atoms with Gasteiger partial charge in [-0.2, -0.15) is 0 Å². The minimum atomic E-state index is -0.471. The third-order valence-electron chi connectivity index (χ3n) is 1.72. The van der Waals surface area contributed by atoms with Gasteiger partial charge in [-0.25, -0.2) is 0 Å². The number of carbonyl (C=O) groups is 2. The summed E-state index contributed by atoms with van der Waals surface area (Å²) in [5, 5.41) is 5.29. The summed E-state index contributed by atoms with van der Waals surface area (Å²) in [6, 6.07) is 2.91. The van der Waals surface area contributed by atoms with Gasteiger partial charge in [0.25, 0.3) is 5.91 Å². The molecule has 0 spiro atoms. The van der Waals surface area contributed by atoms with Crippen molar-refractivity contribution in [2.45, 2.75) is 26.3 Å². The van der Waals surface area contributed by atoms with E-state index in [0.717, 1.165) is 0 Å². The normalized spacial score (nSPS) is 11.1.